The molecular weight excluding hydrogens is 380 g/mol. The molecule has 9 heteroatoms. The Hall–Kier alpha value is -2.75. The van der Waals surface area contributed by atoms with E-state index in [1.54, 1.807) is 0 Å². The lowest BCUT2D eigenvalue weighted by molar-refractivity contribution is -0.894. The summed E-state index contributed by atoms with van der Waals surface area (Å²) in [6.07, 6.45) is 4.23. The average molecular weight is 403 g/mol. The second kappa shape index (κ2) is 8.51. The number of nitro benzene ring substituents is 1. The Balaban J connectivity index is 1.66. The fraction of sp³-hybridized carbons (Fsp3) is 0.263. The number of quaternary nitrogens is 1. The van der Waals surface area contributed by atoms with Gasteiger partial charge in [-0.25, -0.2) is 13.6 Å². The first-order valence-corrected chi connectivity index (χ1v) is 10.5. The molecule has 0 aliphatic carbocycles. The molecule has 0 atom stereocenters. The number of nitrogens with zero attached hydrogens (tertiary/aromatic N) is 2. The monoisotopic (exact) mass is 403 g/mol. The van der Waals surface area contributed by atoms with Crippen LogP contribution in [0.25, 0.3) is 6.08 Å². The zero-order valence-electron chi connectivity index (χ0n) is 15.3. The van der Waals surface area contributed by atoms with E-state index in [1.807, 2.05) is 35.2 Å². The van der Waals surface area contributed by atoms with Gasteiger partial charge in [-0.15, -0.1) is 0 Å². The van der Waals surface area contributed by atoms with Crippen molar-refractivity contribution in [3.63, 3.8) is 0 Å². The van der Waals surface area contributed by atoms with Crippen molar-refractivity contribution in [1.29, 1.82) is 0 Å². The maximum Gasteiger partial charge on any atom is 0.270 e. The van der Waals surface area contributed by atoms with Crippen LogP contribution in [-0.2, 0) is 10.0 Å². The van der Waals surface area contributed by atoms with E-state index >= 15 is 0 Å². The number of hydrogen-bond donors (Lipinski definition) is 2. The third-order valence-electron chi connectivity index (χ3n) is 4.79. The van der Waals surface area contributed by atoms with Crippen molar-refractivity contribution in [1.82, 2.24) is 0 Å². The SMILES string of the molecule is NS(=O)(=O)c1cc([N+](=O)[O-])ccc1N1CC[NH+](C/C=C/c2ccccc2)CC1. The molecular formula is C19H23N4O4S+. The molecule has 3 N–H and O–H groups in total. The number of nitrogens with two attached hydrogens (primary N) is 1. The summed E-state index contributed by atoms with van der Waals surface area (Å²) in [6, 6.07) is 13.9. The summed E-state index contributed by atoms with van der Waals surface area (Å²) in [7, 11) is -4.06. The summed E-state index contributed by atoms with van der Waals surface area (Å²) in [5.41, 5.74) is 1.29. The van der Waals surface area contributed by atoms with Crippen LogP contribution in [-0.4, -0.2) is 46.1 Å². The Labute approximate surface area is 164 Å². The van der Waals surface area contributed by atoms with Crippen LogP contribution in [0, 0.1) is 10.1 Å². The first kappa shape index (κ1) is 20.0. The van der Waals surface area contributed by atoms with Gasteiger partial charge in [-0.05, 0) is 17.7 Å². The summed E-state index contributed by atoms with van der Waals surface area (Å²) >= 11 is 0. The summed E-state index contributed by atoms with van der Waals surface area (Å²) < 4.78 is 23.9. The molecule has 0 radical (unpaired) electrons. The largest absolute Gasteiger partial charge is 0.359 e. The highest BCUT2D eigenvalue weighted by atomic mass is 32.2. The Morgan fingerprint density at radius 3 is 2.43 bits per heavy atom. The molecule has 28 heavy (non-hydrogen) atoms. The third kappa shape index (κ3) is 4.94. The van der Waals surface area contributed by atoms with Gasteiger partial charge in [-0.1, -0.05) is 36.4 Å². The maximum atomic E-state index is 11.9. The second-order valence-corrected chi connectivity index (χ2v) is 8.24. The van der Waals surface area contributed by atoms with Crippen LogP contribution in [0.15, 0.2) is 59.5 Å². The molecule has 0 spiro atoms. The minimum absolute atomic E-state index is 0.200. The molecule has 8 nitrogen and oxygen atoms in total. The van der Waals surface area contributed by atoms with Crippen molar-refractivity contribution in [2.24, 2.45) is 5.14 Å². The first-order valence-electron chi connectivity index (χ1n) is 8.96. The maximum absolute atomic E-state index is 11.9. The van der Waals surface area contributed by atoms with Gasteiger partial charge in [0.05, 0.1) is 43.3 Å². The van der Waals surface area contributed by atoms with E-state index in [0.717, 1.165) is 31.3 Å². The molecule has 1 saturated heterocycles. The van der Waals surface area contributed by atoms with Crippen LogP contribution in [0.5, 0.6) is 0 Å². The van der Waals surface area contributed by atoms with E-state index < -0.39 is 14.9 Å². The van der Waals surface area contributed by atoms with Gasteiger partial charge in [-0.3, -0.25) is 10.1 Å². The summed E-state index contributed by atoms with van der Waals surface area (Å²) in [6.45, 7) is 3.84. The molecule has 1 aliphatic rings. The third-order valence-corrected chi connectivity index (χ3v) is 5.73. The zero-order valence-corrected chi connectivity index (χ0v) is 16.1. The number of nitrogens with one attached hydrogen (secondary N) is 1. The van der Waals surface area contributed by atoms with Gasteiger partial charge in [0.2, 0.25) is 10.0 Å². The summed E-state index contributed by atoms with van der Waals surface area (Å²) in [5.74, 6) is 0. The normalized spacial score (nSPS) is 15.8. The highest BCUT2D eigenvalue weighted by Crippen LogP contribution is 2.28. The van der Waals surface area contributed by atoms with E-state index in [9.17, 15) is 18.5 Å². The van der Waals surface area contributed by atoms with Crippen LogP contribution < -0.4 is 14.9 Å². The lowest BCUT2D eigenvalue weighted by atomic mass is 10.2. The van der Waals surface area contributed by atoms with Gasteiger partial charge in [0, 0.05) is 12.1 Å². The number of primary sulfonamides is 1. The molecule has 0 bridgehead atoms. The lowest BCUT2D eigenvalue weighted by Gasteiger charge is -2.33. The molecule has 2 aromatic rings. The van der Waals surface area contributed by atoms with E-state index in [-0.39, 0.29) is 10.6 Å². The number of anilines is 1. The van der Waals surface area contributed by atoms with Crippen molar-refractivity contribution < 1.29 is 18.2 Å². The van der Waals surface area contributed by atoms with E-state index in [1.165, 1.54) is 17.0 Å². The number of sulfonamides is 1. The number of piperazine rings is 1. The molecule has 1 aliphatic heterocycles. The Morgan fingerprint density at radius 2 is 1.82 bits per heavy atom. The van der Waals surface area contributed by atoms with Crippen LogP contribution in [0.3, 0.4) is 0 Å². The van der Waals surface area contributed by atoms with Gasteiger partial charge >= 0.3 is 0 Å². The fourth-order valence-corrected chi connectivity index (χ4v) is 4.07. The Bertz CT molecular complexity index is 969. The van der Waals surface area contributed by atoms with Gasteiger partial charge in [0.25, 0.3) is 5.69 Å². The van der Waals surface area contributed by atoms with Crippen molar-refractivity contribution in [3.05, 3.63) is 70.3 Å². The highest BCUT2D eigenvalue weighted by Gasteiger charge is 2.26. The predicted molar refractivity (Wildman–Crippen MR) is 108 cm³/mol. The fourth-order valence-electron chi connectivity index (χ4n) is 3.30. The van der Waals surface area contributed by atoms with Crippen molar-refractivity contribution in [2.45, 2.75) is 4.90 Å². The molecule has 2 aromatic carbocycles. The molecule has 0 aromatic heterocycles. The van der Waals surface area contributed by atoms with Gasteiger partial charge in [0.1, 0.15) is 4.90 Å². The van der Waals surface area contributed by atoms with Crippen molar-refractivity contribution in [2.75, 3.05) is 37.6 Å². The smallest absolute Gasteiger partial charge is 0.270 e. The number of benzene rings is 2. The van der Waals surface area contributed by atoms with Crippen LogP contribution in [0.2, 0.25) is 0 Å². The molecule has 0 amide bonds. The molecule has 0 unspecified atom stereocenters. The second-order valence-electron chi connectivity index (χ2n) is 6.71. The predicted octanol–water partition coefficient (Wildman–Crippen LogP) is 0.661. The minimum atomic E-state index is -4.06. The molecule has 1 fully saturated rings. The number of non-ortho nitro benzene ring substituents is 1. The van der Waals surface area contributed by atoms with Crippen molar-refractivity contribution >= 4 is 27.5 Å². The highest BCUT2D eigenvalue weighted by molar-refractivity contribution is 7.89. The molecule has 148 valence electrons. The zero-order chi connectivity index (χ0) is 20.1. The summed E-state index contributed by atoms with van der Waals surface area (Å²) in [5, 5.41) is 16.3. The van der Waals surface area contributed by atoms with Crippen LogP contribution in [0.1, 0.15) is 5.56 Å². The van der Waals surface area contributed by atoms with Crippen LogP contribution >= 0.6 is 0 Å². The average Bonchev–Trinajstić information content (AvgIpc) is 2.68. The number of nitro groups is 1. The Morgan fingerprint density at radius 1 is 1.14 bits per heavy atom. The van der Waals surface area contributed by atoms with E-state index in [2.05, 4.69) is 12.2 Å². The summed E-state index contributed by atoms with van der Waals surface area (Å²) in [4.78, 5) is 13.5. The molecule has 1 heterocycles. The lowest BCUT2D eigenvalue weighted by Crippen LogP contribution is -3.14. The van der Waals surface area contributed by atoms with E-state index in [0.29, 0.717) is 18.8 Å². The Kier molecular flexibility index (Phi) is 6.08. The van der Waals surface area contributed by atoms with E-state index in [4.69, 9.17) is 5.14 Å². The minimum Gasteiger partial charge on any atom is -0.359 e. The molecule has 0 saturated carbocycles. The topological polar surface area (TPSA) is 111 Å². The number of rotatable bonds is 6. The van der Waals surface area contributed by atoms with Crippen LogP contribution in [0.4, 0.5) is 11.4 Å². The van der Waals surface area contributed by atoms with Gasteiger partial charge < -0.3 is 9.80 Å². The number of hydrogen-bond acceptors (Lipinski definition) is 5. The first-order chi connectivity index (χ1) is 13.3. The van der Waals surface area contributed by atoms with Crippen molar-refractivity contribution in [3.8, 4) is 0 Å². The van der Waals surface area contributed by atoms with Gasteiger partial charge in [0.15, 0.2) is 0 Å². The standard InChI is InChI=1S/C19H22N4O4S/c20-28(26,27)19-15-17(23(24)25)8-9-18(19)22-13-11-21(12-14-22)10-4-7-16-5-2-1-3-6-16/h1-9,15H,10-14H2,(H2,20,26,27)/p+1/b7-4+. The quantitative estimate of drug-likeness (QED) is 0.544. The van der Waals surface area contributed by atoms with Gasteiger partial charge in [-0.2, -0.15) is 0 Å². The molecule has 3 rings (SSSR count).